The van der Waals surface area contributed by atoms with Gasteiger partial charge in [-0.05, 0) is 36.2 Å². The zero-order chi connectivity index (χ0) is 25.2. The molecule has 6 nitrogen and oxygen atoms in total. The molecule has 3 aromatic rings. The van der Waals surface area contributed by atoms with Gasteiger partial charge in [0.15, 0.2) is 0 Å². The molecule has 0 aromatic heterocycles. The third-order valence-electron chi connectivity index (χ3n) is 5.88. The number of anilines is 2. The molecule has 0 unspecified atom stereocenters. The number of benzene rings is 3. The molecule has 0 atom stereocenters. The van der Waals surface area contributed by atoms with Gasteiger partial charge in [-0.15, -0.1) is 0 Å². The normalized spacial score (nSPS) is 17.1. The molecule has 180 valence electrons. The predicted molar refractivity (Wildman–Crippen MR) is 148 cm³/mol. The lowest BCUT2D eigenvalue weighted by atomic mass is 10.1. The Morgan fingerprint density at radius 2 is 1.67 bits per heavy atom. The van der Waals surface area contributed by atoms with Crippen LogP contribution in [0.3, 0.4) is 0 Å². The van der Waals surface area contributed by atoms with E-state index in [1.807, 2.05) is 30.3 Å². The van der Waals surface area contributed by atoms with Crippen molar-refractivity contribution in [3.63, 3.8) is 0 Å². The van der Waals surface area contributed by atoms with Crippen LogP contribution < -0.4 is 10.2 Å². The van der Waals surface area contributed by atoms with Crippen LogP contribution in [0, 0.1) is 0 Å². The monoisotopic (exact) mass is 533 g/mol. The number of nitrogens with one attached hydrogen (secondary N) is 1. The van der Waals surface area contributed by atoms with Crippen molar-refractivity contribution in [1.82, 2.24) is 4.90 Å². The lowest BCUT2D eigenvalue weighted by Crippen LogP contribution is -2.35. The molecule has 5 rings (SSSR count). The van der Waals surface area contributed by atoms with Crippen LogP contribution in [-0.4, -0.2) is 40.0 Å². The molecule has 2 heterocycles. The van der Waals surface area contributed by atoms with Crippen LogP contribution >= 0.6 is 35.6 Å². The Morgan fingerprint density at radius 3 is 2.44 bits per heavy atom. The Morgan fingerprint density at radius 1 is 0.917 bits per heavy atom. The van der Waals surface area contributed by atoms with E-state index in [1.165, 1.54) is 4.90 Å². The van der Waals surface area contributed by atoms with Crippen molar-refractivity contribution in [2.45, 2.75) is 6.42 Å². The molecular formula is C27H20ClN3O3S2. The number of hydrogen-bond acceptors (Lipinski definition) is 5. The fourth-order valence-corrected chi connectivity index (χ4v) is 5.77. The molecule has 0 bridgehead atoms. The van der Waals surface area contributed by atoms with Gasteiger partial charge in [-0.2, -0.15) is 0 Å². The van der Waals surface area contributed by atoms with E-state index in [4.69, 9.17) is 23.8 Å². The first-order valence-corrected chi connectivity index (χ1v) is 12.8. The van der Waals surface area contributed by atoms with E-state index in [9.17, 15) is 14.4 Å². The lowest BCUT2D eigenvalue weighted by Gasteiger charge is -2.17. The maximum atomic E-state index is 13.6. The van der Waals surface area contributed by atoms with E-state index in [0.717, 1.165) is 17.3 Å². The zero-order valence-electron chi connectivity index (χ0n) is 18.9. The van der Waals surface area contributed by atoms with Crippen molar-refractivity contribution < 1.29 is 14.4 Å². The quantitative estimate of drug-likeness (QED) is 0.351. The number of halogens is 1. The Hall–Kier alpha value is -3.46. The lowest BCUT2D eigenvalue weighted by molar-refractivity contribution is -0.122. The second kappa shape index (κ2) is 10.3. The van der Waals surface area contributed by atoms with Gasteiger partial charge in [0, 0.05) is 22.8 Å². The van der Waals surface area contributed by atoms with Crippen molar-refractivity contribution in [2.24, 2.45) is 0 Å². The van der Waals surface area contributed by atoms with Crippen LogP contribution in [0.4, 0.5) is 11.4 Å². The molecule has 0 spiro atoms. The Balaban J connectivity index is 1.39. The summed E-state index contributed by atoms with van der Waals surface area (Å²) < 4.78 is 0.417. The van der Waals surface area contributed by atoms with E-state index in [2.05, 4.69) is 5.32 Å². The van der Waals surface area contributed by atoms with Crippen molar-refractivity contribution in [3.05, 3.63) is 99.9 Å². The number of hydrogen-bond donors (Lipinski definition) is 1. The van der Waals surface area contributed by atoms with Crippen molar-refractivity contribution >= 4 is 74.6 Å². The van der Waals surface area contributed by atoms with E-state index < -0.39 is 5.91 Å². The number of nitrogens with zero attached hydrogens (tertiary/aromatic N) is 2. The first-order valence-electron chi connectivity index (χ1n) is 11.2. The van der Waals surface area contributed by atoms with E-state index in [1.54, 1.807) is 53.4 Å². The highest BCUT2D eigenvalue weighted by Gasteiger charge is 2.42. The molecule has 0 aliphatic carbocycles. The Labute approximate surface area is 222 Å². The van der Waals surface area contributed by atoms with Crippen LogP contribution in [0.1, 0.15) is 11.1 Å². The molecule has 0 radical (unpaired) electrons. The Kier molecular flexibility index (Phi) is 6.91. The topological polar surface area (TPSA) is 69.7 Å². The van der Waals surface area contributed by atoms with Gasteiger partial charge in [0.05, 0.1) is 16.2 Å². The molecular weight excluding hydrogens is 514 g/mol. The number of thioether (sulfide) groups is 1. The predicted octanol–water partition coefficient (Wildman–Crippen LogP) is 5.14. The molecule has 36 heavy (non-hydrogen) atoms. The zero-order valence-corrected chi connectivity index (χ0v) is 21.3. The number of rotatable bonds is 6. The third kappa shape index (κ3) is 4.80. The maximum absolute atomic E-state index is 13.6. The van der Waals surface area contributed by atoms with Crippen LogP contribution in [0.5, 0.6) is 0 Å². The first-order chi connectivity index (χ1) is 17.4. The average Bonchev–Trinajstić information content (AvgIpc) is 3.30. The van der Waals surface area contributed by atoms with Gasteiger partial charge in [0.2, 0.25) is 5.91 Å². The number of fused-ring (bicyclic) bond motifs is 1. The summed E-state index contributed by atoms with van der Waals surface area (Å²) in [6.07, 6.45) is 0.649. The molecule has 1 N–H and O–H groups in total. The molecule has 2 aliphatic heterocycles. The van der Waals surface area contributed by atoms with E-state index in [0.29, 0.717) is 44.2 Å². The summed E-state index contributed by atoms with van der Waals surface area (Å²) in [5.41, 5.74) is 3.10. The van der Waals surface area contributed by atoms with Gasteiger partial charge in [-0.1, -0.05) is 90.2 Å². The van der Waals surface area contributed by atoms with E-state index in [-0.39, 0.29) is 23.9 Å². The second-order valence-corrected chi connectivity index (χ2v) is 10.3. The van der Waals surface area contributed by atoms with Crippen molar-refractivity contribution in [3.8, 4) is 0 Å². The average molecular weight is 534 g/mol. The molecule has 9 heteroatoms. The minimum atomic E-state index is -0.402. The van der Waals surface area contributed by atoms with Gasteiger partial charge in [-0.25, -0.2) is 0 Å². The molecule has 0 saturated carbocycles. The van der Waals surface area contributed by atoms with Gasteiger partial charge < -0.3 is 5.32 Å². The number of carbonyl (C=O) groups is 3. The number of thiocarbonyl (C=S) groups is 1. The smallest absolute Gasteiger partial charge is 0.267 e. The summed E-state index contributed by atoms with van der Waals surface area (Å²) in [7, 11) is 0. The van der Waals surface area contributed by atoms with Gasteiger partial charge >= 0.3 is 0 Å². The van der Waals surface area contributed by atoms with Crippen LogP contribution in [0.25, 0.3) is 5.57 Å². The number of carbonyl (C=O) groups excluding carboxylic acids is 3. The van der Waals surface area contributed by atoms with Crippen LogP contribution in [-0.2, 0) is 20.8 Å². The molecule has 3 aromatic carbocycles. The standard InChI is InChI=1S/C27H20ClN3O3S2/c28-18-9-6-10-19(15-18)29-22(32)16-31-21-12-5-4-11-20(21)23(25(31)33)24-26(34)30(27(35)36-24)14-13-17-7-2-1-3-8-17/h1-12,15H,13-14,16H2,(H,29,32)/b24-23-. The molecule has 1 saturated heterocycles. The maximum Gasteiger partial charge on any atom is 0.267 e. The third-order valence-corrected chi connectivity index (χ3v) is 7.56. The highest BCUT2D eigenvalue weighted by molar-refractivity contribution is 8.26. The number of para-hydroxylation sites is 1. The summed E-state index contributed by atoms with van der Waals surface area (Å²) >= 11 is 12.6. The summed E-state index contributed by atoms with van der Waals surface area (Å²) in [5.74, 6) is -1.07. The molecule has 3 amide bonds. The van der Waals surface area contributed by atoms with Gasteiger partial charge in [0.25, 0.3) is 11.8 Å². The number of amides is 3. The van der Waals surface area contributed by atoms with Crippen LogP contribution in [0.15, 0.2) is 83.8 Å². The molecule has 1 fully saturated rings. The van der Waals surface area contributed by atoms with Crippen molar-refractivity contribution in [1.29, 1.82) is 0 Å². The fraction of sp³-hybridized carbons (Fsp3) is 0.111. The largest absolute Gasteiger partial charge is 0.324 e. The summed E-state index contributed by atoms with van der Waals surface area (Å²) in [4.78, 5) is 43.0. The highest BCUT2D eigenvalue weighted by Crippen LogP contribution is 2.44. The molecule has 2 aliphatic rings. The summed E-state index contributed by atoms with van der Waals surface area (Å²) in [5, 5.41) is 3.26. The summed E-state index contributed by atoms with van der Waals surface area (Å²) in [6.45, 7) is 0.215. The minimum Gasteiger partial charge on any atom is -0.324 e. The fourth-order valence-electron chi connectivity index (χ4n) is 4.19. The van der Waals surface area contributed by atoms with Gasteiger partial charge in [-0.3, -0.25) is 24.2 Å². The summed E-state index contributed by atoms with van der Waals surface area (Å²) in [6, 6.07) is 23.8. The SMILES string of the molecule is O=C(CN1C(=O)/C(=C2\SC(=S)N(CCc3ccccc3)C2=O)c2ccccc21)Nc1cccc(Cl)c1. The van der Waals surface area contributed by atoms with Crippen LogP contribution in [0.2, 0.25) is 5.02 Å². The first kappa shape index (κ1) is 24.2. The second-order valence-electron chi connectivity index (χ2n) is 8.23. The van der Waals surface area contributed by atoms with Gasteiger partial charge in [0.1, 0.15) is 10.9 Å². The highest BCUT2D eigenvalue weighted by atomic mass is 35.5. The van der Waals surface area contributed by atoms with Crippen molar-refractivity contribution in [2.75, 3.05) is 23.3 Å². The Bertz CT molecular complexity index is 1420. The van der Waals surface area contributed by atoms with E-state index >= 15 is 0 Å². The minimum absolute atomic E-state index is 0.208.